The second-order valence-electron chi connectivity index (χ2n) is 0.924. The van der Waals surface area contributed by atoms with Crippen LogP contribution in [0.3, 0.4) is 0 Å². The van der Waals surface area contributed by atoms with Gasteiger partial charge < -0.3 is 0 Å². The first-order chi connectivity index (χ1) is 3.71. The molecule has 0 aromatic rings. The molecule has 0 aliphatic carbocycles. The third-order valence-corrected chi connectivity index (χ3v) is 1.55. The van der Waals surface area contributed by atoms with Crippen molar-refractivity contribution in [2.24, 2.45) is 0 Å². The molecule has 0 saturated carbocycles. The number of hydrogen-bond donors (Lipinski definition) is 2. The van der Waals surface area contributed by atoms with Crippen LogP contribution in [0.25, 0.3) is 0 Å². The summed E-state index contributed by atoms with van der Waals surface area (Å²) in [4.78, 5) is 0. The van der Waals surface area contributed by atoms with Gasteiger partial charge in [0.15, 0.2) is 0 Å². The predicted octanol–water partition coefficient (Wildman–Crippen LogP) is -2.04. The molecular formula is H3NaO7S2Zn. The first-order valence-electron chi connectivity index (χ1n) is 1.37. The molecule has 0 bridgehead atoms. The summed E-state index contributed by atoms with van der Waals surface area (Å²) < 4.78 is 55.6. The average molecular weight is 268 g/mol. The molecule has 11 heavy (non-hydrogen) atoms. The van der Waals surface area contributed by atoms with E-state index in [4.69, 9.17) is 9.11 Å². The van der Waals surface area contributed by atoms with E-state index >= 15 is 0 Å². The summed E-state index contributed by atoms with van der Waals surface area (Å²) in [7, 11) is -10.2. The summed E-state index contributed by atoms with van der Waals surface area (Å²) in [6.07, 6.45) is 0. The van der Waals surface area contributed by atoms with Crippen molar-refractivity contribution >= 4 is 50.4 Å². The first-order valence-corrected chi connectivity index (χ1v) is 4.10. The maximum Gasteiger partial charge on any atom is 0 e. The van der Waals surface area contributed by atoms with E-state index < -0.39 is 20.8 Å². The Balaban J connectivity index is -0.000000320. The van der Waals surface area contributed by atoms with E-state index in [1.807, 2.05) is 0 Å². The minimum atomic E-state index is -5.12. The van der Waals surface area contributed by atoms with Crippen molar-refractivity contribution in [3.05, 3.63) is 0 Å². The van der Waals surface area contributed by atoms with Gasteiger partial charge in [0.2, 0.25) is 0 Å². The minimum absolute atomic E-state index is 0. The standard InChI is InChI=1S/Na.H2O7S2.Zn.H/c;1-8(2,3)7-9(4,5)6;;/h;(H,1,2,3)(H,4,5,6);;. The summed E-state index contributed by atoms with van der Waals surface area (Å²) in [5.74, 6) is 0. The normalized spacial score (nSPS) is 11.1. The topological polar surface area (TPSA) is 118 Å². The molecule has 2 N–H and O–H groups in total. The van der Waals surface area contributed by atoms with Gasteiger partial charge in [0.1, 0.15) is 0 Å². The van der Waals surface area contributed by atoms with Crippen LogP contribution in [0, 0.1) is 0 Å². The molecule has 0 saturated heterocycles. The zero-order valence-electron chi connectivity index (χ0n) is 4.46. The van der Waals surface area contributed by atoms with Crippen LogP contribution in [0.15, 0.2) is 0 Å². The predicted molar refractivity (Wildman–Crippen MR) is 31.3 cm³/mol. The van der Waals surface area contributed by atoms with Crippen molar-refractivity contribution in [2.45, 2.75) is 0 Å². The second-order valence-corrected chi connectivity index (χ2v) is 3.18. The molecule has 0 atom stereocenters. The van der Waals surface area contributed by atoms with E-state index in [9.17, 15) is 16.8 Å². The van der Waals surface area contributed by atoms with Gasteiger partial charge in [-0.3, -0.25) is 9.11 Å². The number of hydrogen-bond acceptors (Lipinski definition) is 5. The van der Waals surface area contributed by atoms with Crippen molar-refractivity contribution in [2.75, 3.05) is 0 Å². The van der Waals surface area contributed by atoms with Crippen LogP contribution in [-0.4, -0.2) is 55.5 Å². The van der Waals surface area contributed by atoms with E-state index in [1.54, 1.807) is 0 Å². The molecule has 0 unspecified atom stereocenters. The molecular weight excluding hydrogens is 265 g/mol. The fourth-order valence-corrected chi connectivity index (χ4v) is 0.978. The minimum Gasteiger partial charge on any atom is 0 e. The quantitative estimate of drug-likeness (QED) is 0.437. The molecule has 0 aliphatic heterocycles. The van der Waals surface area contributed by atoms with Gasteiger partial charge in [0.05, 0.1) is 0 Å². The first kappa shape index (κ1) is 18.2. The molecule has 11 heteroatoms. The van der Waals surface area contributed by atoms with Crippen LogP contribution in [0.2, 0.25) is 0 Å². The smallest absolute Gasteiger partial charge is 0 e. The Kier molecular flexibility index (Phi) is 9.87. The molecule has 7 nitrogen and oxygen atoms in total. The second kappa shape index (κ2) is 5.95. The Labute approximate surface area is 98.5 Å². The molecule has 0 aromatic heterocycles. The van der Waals surface area contributed by atoms with Crippen LogP contribution in [0.5, 0.6) is 0 Å². The Bertz CT molecular complexity index is 242. The van der Waals surface area contributed by atoms with Crippen LogP contribution in [-0.2, 0) is 43.9 Å². The molecule has 60 valence electrons. The van der Waals surface area contributed by atoms with Crippen LogP contribution in [0.4, 0.5) is 0 Å². The van der Waals surface area contributed by atoms with Crippen molar-refractivity contribution < 1.29 is 49.0 Å². The summed E-state index contributed by atoms with van der Waals surface area (Å²) in [6, 6.07) is 0. The monoisotopic (exact) mass is 266 g/mol. The van der Waals surface area contributed by atoms with Gasteiger partial charge in [0.25, 0.3) is 0 Å². The molecule has 0 radical (unpaired) electrons. The summed E-state index contributed by atoms with van der Waals surface area (Å²) >= 11 is 0. The Morgan fingerprint density at radius 3 is 1.09 bits per heavy atom. The average Bonchev–Trinajstić information content (AvgIpc) is 1.14. The molecule has 0 spiro atoms. The van der Waals surface area contributed by atoms with Gasteiger partial charge in [-0.15, -0.1) is 3.63 Å². The molecule has 0 amide bonds. The van der Waals surface area contributed by atoms with Crippen molar-refractivity contribution in [1.82, 2.24) is 0 Å². The SMILES string of the molecule is O=S(=O)(O)OS(=O)(=O)O.[NaH].[Zn]. The van der Waals surface area contributed by atoms with Gasteiger partial charge >= 0.3 is 50.4 Å². The van der Waals surface area contributed by atoms with Gasteiger partial charge in [0, 0.05) is 19.5 Å². The maximum atomic E-state index is 9.44. The van der Waals surface area contributed by atoms with Gasteiger partial charge in [-0.05, 0) is 0 Å². The zero-order chi connectivity index (χ0) is 7.71. The Morgan fingerprint density at radius 1 is 0.909 bits per heavy atom. The zero-order valence-corrected chi connectivity index (χ0v) is 9.06. The van der Waals surface area contributed by atoms with Gasteiger partial charge in [-0.1, -0.05) is 0 Å². The van der Waals surface area contributed by atoms with E-state index in [-0.39, 0.29) is 49.0 Å². The molecule has 0 fully saturated rings. The van der Waals surface area contributed by atoms with Crippen LogP contribution < -0.4 is 0 Å². The van der Waals surface area contributed by atoms with Crippen LogP contribution >= 0.6 is 0 Å². The van der Waals surface area contributed by atoms with Crippen LogP contribution in [0.1, 0.15) is 0 Å². The number of rotatable bonds is 2. The molecule has 0 rings (SSSR count). The van der Waals surface area contributed by atoms with Crippen molar-refractivity contribution in [3.8, 4) is 0 Å². The van der Waals surface area contributed by atoms with E-state index in [1.165, 1.54) is 0 Å². The third kappa shape index (κ3) is 18.4. The van der Waals surface area contributed by atoms with Gasteiger partial charge in [-0.25, -0.2) is 0 Å². The Morgan fingerprint density at radius 2 is 1.09 bits per heavy atom. The third-order valence-electron chi connectivity index (χ3n) is 0.172. The van der Waals surface area contributed by atoms with E-state index in [2.05, 4.69) is 3.63 Å². The summed E-state index contributed by atoms with van der Waals surface area (Å²) in [5.41, 5.74) is 0. The Hall–Kier alpha value is 1.40. The van der Waals surface area contributed by atoms with E-state index in [0.717, 1.165) is 0 Å². The van der Waals surface area contributed by atoms with E-state index in [0.29, 0.717) is 0 Å². The van der Waals surface area contributed by atoms with Crippen molar-refractivity contribution in [3.63, 3.8) is 0 Å². The van der Waals surface area contributed by atoms with Gasteiger partial charge in [-0.2, -0.15) is 16.8 Å². The summed E-state index contributed by atoms with van der Waals surface area (Å²) in [5, 5.41) is 0. The van der Waals surface area contributed by atoms with Crippen molar-refractivity contribution in [1.29, 1.82) is 0 Å². The fraction of sp³-hybridized carbons (Fsp3) is 0. The molecule has 0 aliphatic rings. The fourth-order valence-electron chi connectivity index (χ4n) is 0.109. The largest absolute Gasteiger partial charge is 0 e. The maximum absolute atomic E-state index is 9.44. The summed E-state index contributed by atoms with van der Waals surface area (Å²) in [6.45, 7) is 0. The molecule has 0 heterocycles. The molecule has 0 aromatic carbocycles.